The van der Waals surface area contributed by atoms with E-state index in [0.717, 1.165) is 24.0 Å². The van der Waals surface area contributed by atoms with E-state index in [1.807, 2.05) is 36.4 Å². The Hall–Kier alpha value is -3.36. The van der Waals surface area contributed by atoms with Gasteiger partial charge < -0.3 is 0 Å². The molecule has 0 radical (unpaired) electrons. The van der Waals surface area contributed by atoms with Crippen LogP contribution in [0.15, 0.2) is 60.7 Å². The van der Waals surface area contributed by atoms with E-state index in [2.05, 4.69) is 49.7 Å². The molecule has 3 aromatic carbocycles. The molecule has 0 heterocycles. The van der Waals surface area contributed by atoms with Crippen LogP contribution in [-0.2, 0) is 12.8 Å². The molecule has 0 saturated heterocycles. The number of rotatable bonds is 5. The van der Waals surface area contributed by atoms with Gasteiger partial charge in [0, 0.05) is 16.7 Å². The highest BCUT2D eigenvalue weighted by molar-refractivity contribution is 5.49. The minimum Gasteiger partial charge on any atom is -0.205 e. The minimum atomic E-state index is -0.701. The van der Waals surface area contributed by atoms with Gasteiger partial charge in [-0.25, -0.2) is 8.78 Å². The van der Waals surface area contributed by atoms with Crippen molar-refractivity contribution in [1.29, 1.82) is 0 Å². The fourth-order valence-corrected chi connectivity index (χ4v) is 3.20. The lowest BCUT2D eigenvalue weighted by molar-refractivity contribution is 0.577. The third-order valence-electron chi connectivity index (χ3n) is 5.11. The van der Waals surface area contributed by atoms with Crippen molar-refractivity contribution >= 4 is 0 Å². The number of benzene rings is 3. The molecule has 0 amide bonds. The molecule has 0 spiro atoms. The molecular weight excluding hydrogens is 386 g/mol. The molecule has 0 aliphatic rings. The van der Waals surface area contributed by atoms with Gasteiger partial charge in [0.1, 0.15) is 11.6 Å². The Bertz CT molecular complexity index is 1110. The van der Waals surface area contributed by atoms with Crippen LogP contribution in [0.2, 0.25) is 0 Å². The van der Waals surface area contributed by atoms with Gasteiger partial charge in [-0.3, -0.25) is 0 Å². The van der Waals surface area contributed by atoms with Crippen molar-refractivity contribution in [2.75, 3.05) is 0 Å². The van der Waals surface area contributed by atoms with Crippen molar-refractivity contribution < 1.29 is 8.78 Å². The van der Waals surface area contributed by atoms with E-state index in [1.54, 1.807) is 0 Å². The predicted octanol–water partition coefficient (Wildman–Crippen LogP) is 7.06. The lowest BCUT2D eigenvalue weighted by Crippen LogP contribution is -1.92. The molecule has 156 valence electrons. The first kappa shape index (κ1) is 22.3. The van der Waals surface area contributed by atoms with Crippen LogP contribution < -0.4 is 0 Å². The Morgan fingerprint density at radius 1 is 0.613 bits per heavy atom. The highest BCUT2D eigenvalue weighted by Gasteiger charge is 2.08. The Kier molecular flexibility index (Phi) is 8.03. The van der Waals surface area contributed by atoms with Gasteiger partial charge in [0.05, 0.1) is 5.56 Å². The molecule has 3 rings (SSSR count). The van der Waals surface area contributed by atoms with Crippen LogP contribution in [0.3, 0.4) is 0 Å². The molecule has 0 N–H and O–H groups in total. The minimum absolute atomic E-state index is 0.235. The fourth-order valence-electron chi connectivity index (χ4n) is 3.20. The third-order valence-corrected chi connectivity index (χ3v) is 5.11. The monoisotopic (exact) mass is 412 g/mol. The Balaban J connectivity index is 1.73. The zero-order valence-electron chi connectivity index (χ0n) is 18.1. The standard InChI is InChI=1S/C29H26F2/c1-3-5-6-7-23-12-14-24(15-13-23)16-17-26-20-28(30)27(29(31)21-26)19-18-25-10-8-22(4-2)9-11-25/h8-15,20-21H,3-7H2,1-2H3. The average molecular weight is 413 g/mol. The van der Waals surface area contributed by atoms with E-state index in [9.17, 15) is 8.78 Å². The van der Waals surface area contributed by atoms with Crippen LogP contribution >= 0.6 is 0 Å². The zero-order valence-corrected chi connectivity index (χ0v) is 18.1. The normalized spacial score (nSPS) is 10.1. The SMILES string of the molecule is CCCCCc1ccc(C#Cc2cc(F)c(C#Cc3ccc(CC)cc3)c(F)c2)cc1. The summed E-state index contributed by atoms with van der Waals surface area (Å²) < 4.78 is 28.9. The largest absolute Gasteiger partial charge is 0.205 e. The van der Waals surface area contributed by atoms with Crippen molar-refractivity contribution in [3.05, 3.63) is 106 Å². The quantitative estimate of drug-likeness (QED) is 0.311. The van der Waals surface area contributed by atoms with Gasteiger partial charge >= 0.3 is 0 Å². The van der Waals surface area contributed by atoms with Gasteiger partial charge in [0.25, 0.3) is 0 Å². The summed E-state index contributed by atoms with van der Waals surface area (Å²) in [5, 5.41) is 0. The molecule has 0 saturated carbocycles. The van der Waals surface area contributed by atoms with Gasteiger partial charge in [-0.05, 0) is 66.8 Å². The number of halogens is 2. The molecule has 0 aliphatic heterocycles. The van der Waals surface area contributed by atoms with Crippen molar-refractivity contribution in [3.63, 3.8) is 0 Å². The van der Waals surface area contributed by atoms with Crippen molar-refractivity contribution in [2.45, 2.75) is 46.0 Å². The summed E-state index contributed by atoms with van der Waals surface area (Å²) in [5.74, 6) is 9.87. The summed E-state index contributed by atoms with van der Waals surface area (Å²) in [6.07, 6.45) is 5.60. The highest BCUT2D eigenvalue weighted by Crippen LogP contribution is 2.15. The van der Waals surface area contributed by atoms with Gasteiger partial charge in [-0.15, -0.1) is 0 Å². The fraction of sp³-hybridized carbons (Fsp3) is 0.241. The first-order chi connectivity index (χ1) is 15.1. The van der Waals surface area contributed by atoms with Crippen molar-refractivity contribution in [1.82, 2.24) is 0 Å². The van der Waals surface area contributed by atoms with Crippen LogP contribution in [-0.4, -0.2) is 0 Å². The molecule has 0 aromatic heterocycles. The summed E-state index contributed by atoms with van der Waals surface area (Å²) in [4.78, 5) is 0. The molecule has 3 aromatic rings. The molecule has 0 atom stereocenters. The van der Waals surface area contributed by atoms with Gasteiger partial charge in [-0.1, -0.05) is 74.6 Å². The maximum Gasteiger partial charge on any atom is 0.143 e. The molecule has 0 aliphatic carbocycles. The Morgan fingerprint density at radius 2 is 1.13 bits per heavy atom. The summed E-state index contributed by atoms with van der Waals surface area (Å²) in [7, 11) is 0. The number of hydrogen-bond donors (Lipinski definition) is 0. The molecule has 0 bridgehead atoms. The van der Waals surface area contributed by atoms with Crippen LogP contribution in [0.1, 0.15) is 66.5 Å². The summed E-state index contributed by atoms with van der Waals surface area (Å²) in [6.45, 7) is 4.26. The smallest absolute Gasteiger partial charge is 0.143 e. The molecule has 0 nitrogen and oxygen atoms in total. The molecule has 0 fully saturated rings. The number of unbranched alkanes of at least 4 members (excludes halogenated alkanes) is 2. The van der Waals surface area contributed by atoms with Gasteiger partial charge in [0.2, 0.25) is 0 Å². The average Bonchev–Trinajstić information content (AvgIpc) is 2.78. The van der Waals surface area contributed by atoms with E-state index in [1.165, 1.54) is 42.5 Å². The molecule has 0 unspecified atom stereocenters. The second-order valence-corrected chi connectivity index (χ2v) is 7.52. The van der Waals surface area contributed by atoms with E-state index < -0.39 is 11.6 Å². The summed E-state index contributed by atoms with van der Waals surface area (Å²) in [6, 6.07) is 18.1. The zero-order chi connectivity index (χ0) is 22.1. The number of hydrogen-bond acceptors (Lipinski definition) is 0. The second-order valence-electron chi connectivity index (χ2n) is 7.52. The van der Waals surface area contributed by atoms with Crippen LogP contribution in [0.4, 0.5) is 8.78 Å². The van der Waals surface area contributed by atoms with Crippen molar-refractivity contribution in [3.8, 4) is 23.7 Å². The summed E-state index contributed by atoms with van der Waals surface area (Å²) in [5.41, 5.74) is 4.07. The first-order valence-electron chi connectivity index (χ1n) is 10.8. The third kappa shape index (κ3) is 6.56. The maximum atomic E-state index is 14.4. The van der Waals surface area contributed by atoms with Crippen LogP contribution in [0.25, 0.3) is 0 Å². The number of aryl methyl sites for hydroxylation is 2. The maximum absolute atomic E-state index is 14.4. The van der Waals surface area contributed by atoms with Crippen LogP contribution in [0.5, 0.6) is 0 Å². The lowest BCUT2D eigenvalue weighted by Gasteiger charge is -2.01. The molecule has 2 heteroatoms. The Morgan fingerprint density at radius 3 is 1.68 bits per heavy atom. The predicted molar refractivity (Wildman–Crippen MR) is 124 cm³/mol. The van der Waals surface area contributed by atoms with E-state index in [0.29, 0.717) is 5.56 Å². The summed E-state index contributed by atoms with van der Waals surface area (Å²) >= 11 is 0. The molecular formula is C29H26F2. The molecule has 31 heavy (non-hydrogen) atoms. The highest BCUT2D eigenvalue weighted by atomic mass is 19.1. The van der Waals surface area contributed by atoms with E-state index >= 15 is 0 Å². The van der Waals surface area contributed by atoms with Gasteiger partial charge in [0.15, 0.2) is 0 Å². The Labute approximate surface area is 184 Å². The topological polar surface area (TPSA) is 0 Å². The first-order valence-corrected chi connectivity index (χ1v) is 10.8. The van der Waals surface area contributed by atoms with E-state index in [-0.39, 0.29) is 5.56 Å². The van der Waals surface area contributed by atoms with E-state index in [4.69, 9.17) is 0 Å². The van der Waals surface area contributed by atoms with Gasteiger partial charge in [-0.2, -0.15) is 0 Å². The lowest BCUT2D eigenvalue weighted by atomic mass is 10.0. The van der Waals surface area contributed by atoms with Crippen LogP contribution in [0, 0.1) is 35.3 Å². The van der Waals surface area contributed by atoms with Crippen molar-refractivity contribution in [2.24, 2.45) is 0 Å². The second kappa shape index (κ2) is 11.1.